The molecule has 10 heavy (non-hydrogen) atoms. The van der Waals surface area contributed by atoms with Gasteiger partial charge in [-0.25, -0.2) is 0 Å². The fourth-order valence-corrected chi connectivity index (χ4v) is 1.11. The van der Waals surface area contributed by atoms with Crippen LogP contribution in [0.15, 0.2) is 22.1 Å². The van der Waals surface area contributed by atoms with Crippen molar-refractivity contribution in [2.75, 3.05) is 0 Å². The van der Waals surface area contributed by atoms with Crippen LogP contribution in [-0.4, -0.2) is 9.59 Å². The van der Waals surface area contributed by atoms with Crippen LogP contribution in [0.3, 0.4) is 0 Å². The van der Waals surface area contributed by atoms with Crippen molar-refractivity contribution in [1.82, 2.24) is 9.59 Å². The van der Waals surface area contributed by atoms with Crippen molar-refractivity contribution in [3.63, 3.8) is 0 Å². The second kappa shape index (κ2) is 2.22. The summed E-state index contributed by atoms with van der Waals surface area (Å²) in [6.45, 7) is 0. The van der Waals surface area contributed by atoms with Crippen LogP contribution >= 0.6 is 11.5 Å². The van der Waals surface area contributed by atoms with Gasteiger partial charge < -0.3 is 4.42 Å². The fraction of sp³-hybridized carbons (Fsp3) is 0. The summed E-state index contributed by atoms with van der Waals surface area (Å²) >= 11 is 1.32. The maximum Gasteiger partial charge on any atom is 0.179 e. The van der Waals surface area contributed by atoms with Gasteiger partial charge in [-0.15, -0.1) is 5.10 Å². The van der Waals surface area contributed by atoms with Crippen molar-refractivity contribution in [2.45, 2.75) is 0 Å². The van der Waals surface area contributed by atoms with E-state index in [1.807, 2.05) is 5.38 Å². The van der Waals surface area contributed by atoms with Crippen molar-refractivity contribution in [1.29, 1.82) is 0 Å². The molecular formula is C6H3N2OS. The van der Waals surface area contributed by atoms with Crippen molar-refractivity contribution in [3.05, 3.63) is 24.0 Å². The Bertz CT molecular complexity index is 255. The van der Waals surface area contributed by atoms with Gasteiger partial charge in [-0.2, -0.15) is 0 Å². The summed E-state index contributed by atoms with van der Waals surface area (Å²) < 4.78 is 8.46. The van der Waals surface area contributed by atoms with Crippen molar-refractivity contribution in [3.8, 4) is 11.3 Å². The molecule has 0 aliphatic rings. The molecule has 2 aromatic heterocycles. The van der Waals surface area contributed by atoms with Gasteiger partial charge in [0.25, 0.3) is 0 Å². The highest BCUT2D eigenvalue weighted by atomic mass is 32.1. The molecule has 0 bridgehead atoms. The Morgan fingerprint density at radius 1 is 1.60 bits per heavy atom. The molecule has 0 saturated carbocycles. The fourth-order valence-electron chi connectivity index (χ4n) is 0.653. The van der Waals surface area contributed by atoms with Gasteiger partial charge in [-0.3, -0.25) is 0 Å². The average molecular weight is 151 g/mol. The lowest BCUT2D eigenvalue weighted by Gasteiger charge is -1.79. The Hall–Kier alpha value is -1.16. The first-order valence-electron chi connectivity index (χ1n) is 2.69. The number of nitrogens with zero attached hydrogens (tertiary/aromatic N) is 2. The van der Waals surface area contributed by atoms with Crippen LogP contribution in [-0.2, 0) is 0 Å². The highest BCUT2D eigenvalue weighted by Gasteiger charge is 2.00. The molecule has 49 valence electrons. The maximum absolute atomic E-state index is 4.75. The molecule has 2 heterocycles. The molecule has 2 aromatic rings. The second-order valence-corrected chi connectivity index (χ2v) is 2.34. The minimum atomic E-state index is 0.818. The molecule has 0 fully saturated rings. The summed E-state index contributed by atoms with van der Waals surface area (Å²) in [6, 6.07) is 1.80. The summed E-state index contributed by atoms with van der Waals surface area (Å²) in [5.74, 6) is 0. The highest BCUT2D eigenvalue weighted by Crippen LogP contribution is 2.16. The van der Waals surface area contributed by atoms with Crippen LogP contribution in [0, 0.1) is 6.26 Å². The lowest BCUT2D eigenvalue weighted by atomic mass is 10.3. The lowest BCUT2D eigenvalue weighted by molar-refractivity contribution is 0.559. The first-order valence-corrected chi connectivity index (χ1v) is 3.53. The van der Waals surface area contributed by atoms with Crippen LogP contribution in [0.1, 0.15) is 0 Å². The molecule has 0 aliphatic carbocycles. The van der Waals surface area contributed by atoms with Gasteiger partial charge in [0.1, 0.15) is 5.69 Å². The third kappa shape index (κ3) is 0.823. The smallest absolute Gasteiger partial charge is 0.179 e. The Morgan fingerprint density at radius 2 is 2.60 bits per heavy atom. The summed E-state index contributed by atoms with van der Waals surface area (Å²) in [6.07, 6.45) is 4.23. The lowest BCUT2D eigenvalue weighted by Crippen LogP contribution is -1.71. The predicted molar refractivity (Wildman–Crippen MR) is 36.4 cm³/mol. The standard InChI is InChI=1S/C6H3N2OS/c1-2-9-3-5(1)6-4-10-8-7-6/h1-2,4H. The Labute approximate surface area is 61.5 Å². The van der Waals surface area contributed by atoms with Gasteiger partial charge in [0.05, 0.1) is 11.8 Å². The molecule has 0 aliphatic heterocycles. The highest BCUT2D eigenvalue weighted by molar-refractivity contribution is 7.03. The third-order valence-corrected chi connectivity index (χ3v) is 1.61. The van der Waals surface area contributed by atoms with Gasteiger partial charge in [-0.05, 0) is 17.6 Å². The van der Waals surface area contributed by atoms with Crippen molar-refractivity contribution < 1.29 is 4.42 Å². The molecule has 0 atom stereocenters. The first kappa shape index (κ1) is 5.61. The first-order chi connectivity index (χ1) is 4.97. The van der Waals surface area contributed by atoms with Gasteiger partial charge in [0.2, 0.25) is 0 Å². The second-order valence-electron chi connectivity index (χ2n) is 1.73. The number of rotatable bonds is 1. The molecule has 0 N–H and O–H groups in total. The van der Waals surface area contributed by atoms with Gasteiger partial charge in [0.15, 0.2) is 6.26 Å². The van der Waals surface area contributed by atoms with Crippen LogP contribution in [0.4, 0.5) is 0 Å². The molecule has 0 spiro atoms. The summed E-state index contributed by atoms with van der Waals surface area (Å²) in [7, 11) is 0. The van der Waals surface area contributed by atoms with Crippen LogP contribution in [0.5, 0.6) is 0 Å². The molecule has 4 heteroatoms. The van der Waals surface area contributed by atoms with Crippen molar-refractivity contribution in [2.24, 2.45) is 0 Å². The maximum atomic E-state index is 4.75. The van der Waals surface area contributed by atoms with Gasteiger partial charge >= 0.3 is 0 Å². The Balaban J connectivity index is 2.48. The van der Waals surface area contributed by atoms with E-state index in [0.29, 0.717) is 0 Å². The molecule has 2 rings (SSSR count). The third-order valence-electron chi connectivity index (χ3n) is 1.11. The van der Waals surface area contributed by atoms with Crippen LogP contribution in [0.25, 0.3) is 11.3 Å². The molecule has 0 unspecified atom stereocenters. The molecule has 3 nitrogen and oxygen atoms in total. The monoisotopic (exact) mass is 151 g/mol. The summed E-state index contributed by atoms with van der Waals surface area (Å²) in [5.41, 5.74) is 1.67. The quantitative estimate of drug-likeness (QED) is 0.621. The Morgan fingerprint density at radius 3 is 3.20 bits per heavy atom. The molecular weight excluding hydrogens is 148 g/mol. The van der Waals surface area contributed by atoms with E-state index < -0.39 is 0 Å². The normalized spacial score (nSPS) is 10.0. The number of hydrogen-bond donors (Lipinski definition) is 0. The van der Waals surface area contributed by atoms with Crippen molar-refractivity contribution >= 4 is 11.5 Å². The summed E-state index contributed by atoms with van der Waals surface area (Å²) in [4.78, 5) is 0. The molecule has 0 aromatic carbocycles. The number of aromatic nitrogens is 2. The van der Waals surface area contributed by atoms with E-state index in [9.17, 15) is 0 Å². The van der Waals surface area contributed by atoms with E-state index in [1.165, 1.54) is 11.5 Å². The SMILES string of the molecule is [c]1occc1-c1csnn1. The van der Waals surface area contributed by atoms with Crippen LogP contribution < -0.4 is 0 Å². The van der Waals surface area contributed by atoms with Gasteiger partial charge in [-0.1, -0.05) is 4.49 Å². The minimum absolute atomic E-state index is 0.818. The van der Waals surface area contributed by atoms with E-state index in [-0.39, 0.29) is 0 Å². The molecule has 1 radical (unpaired) electrons. The zero-order valence-electron chi connectivity index (χ0n) is 4.94. The minimum Gasteiger partial charge on any atom is -0.460 e. The molecule has 0 saturated heterocycles. The zero-order chi connectivity index (χ0) is 6.81. The average Bonchev–Trinajstić information content (AvgIpc) is 2.59. The molecule has 0 amide bonds. The Kier molecular flexibility index (Phi) is 1.25. The van der Waals surface area contributed by atoms with E-state index in [0.717, 1.165) is 11.3 Å². The number of hydrogen-bond acceptors (Lipinski definition) is 4. The van der Waals surface area contributed by atoms with E-state index in [2.05, 4.69) is 15.9 Å². The van der Waals surface area contributed by atoms with E-state index in [4.69, 9.17) is 4.42 Å². The predicted octanol–water partition coefficient (Wildman–Crippen LogP) is 1.60. The van der Waals surface area contributed by atoms with Gasteiger partial charge in [0, 0.05) is 5.38 Å². The van der Waals surface area contributed by atoms with E-state index >= 15 is 0 Å². The number of furan rings is 1. The largest absolute Gasteiger partial charge is 0.460 e. The zero-order valence-corrected chi connectivity index (χ0v) is 5.76. The topological polar surface area (TPSA) is 38.9 Å². The van der Waals surface area contributed by atoms with Crippen LogP contribution in [0.2, 0.25) is 0 Å². The van der Waals surface area contributed by atoms with E-state index in [1.54, 1.807) is 12.3 Å². The summed E-state index contributed by atoms with van der Waals surface area (Å²) in [5, 5.41) is 5.68.